The quantitative estimate of drug-likeness (QED) is 0.719. The number of hydrogen-bond donors (Lipinski definition) is 3. The molecule has 0 aliphatic rings. The highest BCUT2D eigenvalue weighted by Crippen LogP contribution is 2.16. The second-order valence-electron chi connectivity index (χ2n) is 6.13. The maximum absolute atomic E-state index is 12.2. The molecule has 0 fully saturated rings. The largest absolute Gasteiger partial charge is 0.369 e. The summed E-state index contributed by atoms with van der Waals surface area (Å²) in [7, 11) is 0. The molecule has 25 heavy (non-hydrogen) atoms. The molecule has 7 heteroatoms. The zero-order valence-corrected chi connectivity index (χ0v) is 14.7. The molecule has 0 aliphatic heterocycles. The van der Waals surface area contributed by atoms with Crippen LogP contribution in [0.4, 0.5) is 17.2 Å². The standard InChI is InChI=1S/C18H23N5O2/c1-12(2)9-10-19-17-8-7-16(22-23-17)18(25)21-15-6-4-5-14(11-15)20-13(3)24/h4-8,11-12H,9-10H2,1-3H3,(H,19,23)(H,20,24)(H,21,25). The number of hydrogen-bond acceptors (Lipinski definition) is 5. The third-order valence-corrected chi connectivity index (χ3v) is 3.37. The average Bonchev–Trinajstić information content (AvgIpc) is 2.55. The Morgan fingerprint density at radius 2 is 1.76 bits per heavy atom. The first kappa shape index (κ1) is 18.4. The molecule has 2 amide bonds. The molecule has 0 bridgehead atoms. The van der Waals surface area contributed by atoms with Gasteiger partial charge < -0.3 is 16.0 Å². The molecule has 3 N–H and O–H groups in total. The Balaban J connectivity index is 1.95. The third-order valence-electron chi connectivity index (χ3n) is 3.37. The lowest BCUT2D eigenvalue weighted by molar-refractivity contribution is -0.114. The summed E-state index contributed by atoms with van der Waals surface area (Å²) < 4.78 is 0. The van der Waals surface area contributed by atoms with Crippen LogP contribution in [0.25, 0.3) is 0 Å². The van der Waals surface area contributed by atoms with Crippen LogP contribution in [0.2, 0.25) is 0 Å². The highest BCUT2D eigenvalue weighted by molar-refractivity contribution is 6.03. The molecule has 0 radical (unpaired) electrons. The fourth-order valence-corrected chi connectivity index (χ4v) is 2.11. The molecule has 1 heterocycles. The van der Waals surface area contributed by atoms with Crippen molar-refractivity contribution < 1.29 is 9.59 Å². The van der Waals surface area contributed by atoms with Gasteiger partial charge in [-0.15, -0.1) is 10.2 Å². The molecule has 132 valence electrons. The minimum Gasteiger partial charge on any atom is -0.369 e. The van der Waals surface area contributed by atoms with Crippen molar-refractivity contribution in [3.63, 3.8) is 0 Å². The van der Waals surface area contributed by atoms with Gasteiger partial charge in [0, 0.05) is 24.8 Å². The number of amides is 2. The van der Waals surface area contributed by atoms with Crippen molar-refractivity contribution in [2.45, 2.75) is 27.2 Å². The Morgan fingerprint density at radius 3 is 2.36 bits per heavy atom. The smallest absolute Gasteiger partial charge is 0.276 e. The fraction of sp³-hybridized carbons (Fsp3) is 0.333. The lowest BCUT2D eigenvalue weighted by atomic mass is 10.1. The van der Waals surface area contributed by atoms with Crippen molar-refractivity contribution in [1.82, 2.24) is 10.2 Å². The minimum atomic E-state index is -0.360. The topological polar surface area (TPSA) is 96.0 Å². The average molecular weight is 341 g/mol. The first-order valence-corrected chi connectivity index (χ1v) is 8.20. The number of aromatic nitrogens is 2. The monoisotopic (exact) mass is 341 g/mol. The summed E-state index contributed by atoms with van der Waals surface area (Å²) in [4.78, 5) is 23.3. The van der Waals surface area contributed by atoms with Gasteiger partial charge in [-0.05, 0) is 42.7 Å². The predicted octanol–water partition coefficient (Wildman–Crippen LogP) is 3.15. The summed E-state index contributed by atoms with van der Waals surface area (Å²) in [6.07, 6.45) is 1.04. The molecule has 0 saturated carbocycles. The summed E-state index contributed by atoms with van der Waals surface area (Å²) in [5.74, 6) is 0.722. The molecular formula is C18H23N5O2. The molecule has 2 aromatic rings. The van der Waals surface area contributed by atoms with Crippen molar-refractivity contribution in [1.29, 1.82) is 0 Å². The second kappa shape index (κ2) is 8.77. The molecule has 2 rings (SSSR count). The van der Waals surface area contributed by atoms with E-state index in [4.69, 9.17) is 0 Å². The normalized spacial score (nSPS) is 10.4. The number of carbonyl (C=O) groups excluding carboxylic acids is 2. The van der Waals surface area contributed by atoms with Crippen LogP contribution in [0.3, 0.4) is 0 Å². The van der Waals surface area contributed by atoms with Crippen LogP contribution >= 0.6 is 0 Å². The van der Waals surface area contributed by atoms with Crippen LogP contribution in [-0.2, 0) is 4.79 Å². The van der Waals surface area contributed by atoms with Gasteiger partial charge in [0.1, 0.15) is 5.82 Å². The summed E-state index contributed by atoms with van der Waals surface area (Å²) in [6, 6.07) is 10.3. The summed E-state index contributed by atoms with van der Waals surface area (Å²) in [6.45, 7) is 6.55. The maximum atomic E-state index is 12.2. The van der Waals surface area contributed by atoms with Crippen LogP contribution in [0.1, 0.15) is 37.7 Å². The lowest BCUT2D eigenvalue weighted by Gasteiger charge is -2.09. The van der Waals surface area contributed by atoms with Crippen molar-refractivity contribution in [3.05, 3.63) is 42.1 Å². The van der Waals surface area contributed by atoms with Gasteiger partial charge in [0.15, 0.2) is 5.69 Å². The molecule has 7 nitrogen and oxygen atoms in total. The number of rotatable bonds is 7. The number of carbonyl (C=O) groups is 2. The van der Waals surface area contributed by atoms with Gasteiger partial charge in [-0.1, -0.05) is 19.9 Å². The van der Waals surface area contributed by atoms with Gasteiger partial charge in [0.2, 0.25) is 5.91 Å². The molecule has 0 unspecified atom stereocenters. The molecular weight excluding hydrogens is 318 g/mol. The summed E-state index contributed by atoms with van der Waals surface area (Å²) in [5, 5.41) is 16.5. The Hall–Kier alpha value is -2.96. The number of nitrogens with zero attached hydrogens (tertiary/aromatic N) is 2. The van der Waals surface area contributed by atoms with E-state index in [1.54, 1.807) is 36.4 Å². The van der Waals surface area contributed by atoms with Crippen molar-refractivity contribution in [2.24, 2.45) is 5.92 Å². The molecule has 0 spiro atoms. The Morgan fingerprint density at radius 1 is 1.04 bits per heavy atom. The van der Waals surface area contributed by atoms with Crippen LogP contribution < -0.4 is 16.0 Å². The van der Waals surface area contributed by atoms with E-state index in [-0.39, 0.29) is 17.5 Å². The van der Waals surface area contributed by atoms with E-state index in [0.29, 0.717) is 23.1 Å². The summed E-state index contributed by atoms with van der Waals surface area (Å²) >= 11 is 0. The van der Waals surface area contributed by atoms with E-state index in [2.05, 4.69) is 40.0 Å². The zero-order chi connectivity index (χ0) is 18.2. The number of anilines is 3. The van der Waals surface area contributed by atoms with Gasteiger partial charge in [0.05, 0.1) is 0 Å². The van der Waals surface area contributed by atoms with E-state index in [1.807, 2.05) is 0 Å². The van der Waals surface area contributed by atoms with E-state index in [9.17, 15) is 9.59 Å². The first-order chi connectivity index (χ1) is 11.9. The van der Waals surface area contributed by atoms with E-state index < -0.39 is 0 Å². The fourth-order valence-electron chi connectivity index (χ4n) is 2.11. The Kier molecular flexibility index (Phi) is 6.45. The van der Waals surface area contributed by atoms with Crippen LogP contribution in [0, 0.1) is 5.92 Å². The van der Waals surface area contributed by atoms with Gasteiger partial charge in [-0.3, -0.25) is 9.59 Å². The van der Waals surface area contributed by atoms with Crippen LogP contribution in [0.5, 0.6) is 0 Å². The van der Waals surface area contributed by atoms with Crippen LogP contribution in [-0.4, -0.2) is 28.6 Å². The number of benzene rings is 1. The predicted molar refractivity (Wildman–Crippen MR) is 98.7 cm³/mol. The maximum Gasteiger partial charge on any atom is 0.276 e. The number of nitrogens with one attached hydrogen (secondary N) is 3. The van der Waals surface area contributed by atoms with E-state index >= 15 is 0 Å². The molecule has 0 saturated heterocycles. The van der Waals surface area contributed by atoms with Gasteiger partial charge >= 0.3 is 0 Å². The van der Waals surface area contributed by atoms with Gasteiger partial charge in [-0.2, -0.15) is 0 Å². The molecule has 0 atom stereocenters. The lowest BCUT2D eigenvalue weighted by Crippen LogP contribution is -2.15. The molecule has 1 aromatic carbocycles. The summed E-state index contributed by atoms with van der Waals surface area (Å²) in [5.41, 5.74) is 1.40. The van der Waals surface area contributed by atoms with Crippen molar-refractivity contribution in [2.75, 3.05) is 22.5 Å². The van der Waals surface area contributed by atoms with Gasteiger partial charge in [0.25, 0.3) is 5.91 Å². The second-order valence-corrected chi connectivity index (χ2v) is 6.13. The van der Waals surface area contributed by atoms with Gasteiger partial charge in [-0.25, -0.2) is 0 Å². The van der Waals surface area contributed by atoms with Crippen molar-refractivity contribution >= 4 is 29.0 Å². The van der Waals surface area contributed by atoms with E-state index in [1.165, 1.54) is 6.92 Å². The first-order valence-electron chi connectivity index (χ1n) is 8.20. The highest BCUT2D eigenvalue weighted by atomic mass is 16.2. The highest BCUT2D eigenvalue weighted by Gasteiger charge is 2.09. The Bertz CT molecular complexity index is 729. The molecule has 0 aliphatic carbocycles. The minimum absolute atomic E-state index is 0.171. The Labute approximate surface area is 147 Å². The zero-order valence-electron chi connectivity index (χ0n) is 14.7. The molecule has 1 aromatic heterocycles. The SMILES string of the molecule is CC(=O)Nc1cccc(NC(=O)c2ccc(NCCC(C)C)nn2)c1. The van der Waals surface area contributed by atoms with Crippen molar-refractivity contribution in [3.8, 4) is 0 Å². The van der Waals surface area contributed by atoms with E-state index in [0.717, 1.165) is 13.0 Å². The van der Waals surface area contributed by atoms with Crippen LogP contribution in [0.15, 0.2) is 36.4 Å². The third kappa shape index (κ3) is 6.21.